The average molecular weight is 422 g/mol. The molecule has 1 spiro atoms. The highest BCUT2D eigenvalue weighted by molar-refractivity contribution is 5.90. The van der Waals surface area contributed by atoms with Crippen LogP contribution in [0.1, 0.15) is 49.8 Å². The zero-order valence-corrected chi connectivity index (χ0v) is 18.6. The van der Waals surface area contributed by atoms with E-state index in [2.05, 4.69) is 24.4 Å². The van der Waals surface area contributed by atoms with Crippen molar-refractivity contribution >= 4 is 17.4 Å². The molecule has 6 heteroatoms. The summed E-state index contributed by atoms with van der Waals surface area (Å²) in [6.07, 6.45) is 4.61. The topological polar surface area (TPSA) is 54.0 Å². The summed E-state index contributed by atoms with van der Waals surface area (Å²) in [5.74, 6) is 1.65. The quantitative estimate of drug-likeness (QED) is 0.746. The number of fused-ring (bicyclic) bond motifs is 3. The minimum atomic E-state index is -0.0445. The smallest absolute Gasteiger partial charge is 0.322 e. The molecule has 5 rings (SSSR count). The molecule has 1 unspecified atom stereocenters. The lowest BCUT2D eigenvalue weighted by atomic mass is 9.71. The second-order valence-electron chi connectivity index (χ2n) is 9.25. The Morgan fingerprint density at radius 1 is 1.06 bits per heavy atom. The van der Waals surface area contributed by atoms with E-state index < -0.39 is 0 Å². The number of urea groups is 1. The highest BCUT2D eigenvalue weighted by Crippen LogP contribution is 2.52. The molecule has 1 aliphatic carbocycles. The van der Waals surface area contributed by atoms with E-state index in [-0.39, 0.29) is 17.5 Å². The predicted octanol–water partition coefficient (Wildman–Crippen LogP) is 4.94. The fraction of sp³-hybridized carbons (Fsp3) is 0.480. The first-order chi connectivity index (χ1) is 15.0. The van der Waals surface area contributed by atoms with Crippen molar-refractivity contribution in [2.45, 2.75) is 44.1 Å². The lowest BCUT2D eigenvalue weighted by Crippen LogP contribution is -2.50. The molecule has 2 aromatic rings. The van der Waals surface area contributed by atoms with Crippen LogP contribution in [-0.4, -0.2) is 44.8 Å². The van der Waals surface area contributed by atoms with E-state index in [9.17, 15) is 4.79 Å². The molecule has 31 heavy (non-hydrogen) atoms. The lowest BCUT2D eigenvalue weighted by Gasteiger charge is -2.46. The fourth-order valence-electron chi connectivity index (χ4n) is 5.39. The Hall–Kier alpha value is -2.89. The Morgan fingerprint density at radius 2 is 1.71 bits per heavy atom. The Balaban J connectivity index is 1.46. The SMILES string of the molecule is CC1c2cc3c(cc2C2(CCCC2)CN1C(=O)Nc1ccc(N(C)C)cc1)OCCO3. The van der Waals surface area contributed by atoms with Gasteiger partial charge in [0.2, 0.25) is 0 Å². The summed E-state index contributed by atoms with van der Waals surface area (Å²) in [4.78, 5) is 17.4. The second-order valence-corrected chi connectivity index (χ2v) is 9.25. The minimum Gasteiger partial charge on any atom is -0.486 e. The first-order valence-corrected chi connectivity index (χ1v) is 11.3. The van der Waals surface area contributed by atoms with Gasteiger partial charge >= 0.3 is 6.03 Å². The van der Waals surface area contributed by atoms with E-state index in [1.807, 2.05) is 48.2 Å². The van der Waals surface area contributed by atoms with E-state index >= 15 is 0 Å². The molecule has 1 atom stereocenters. The van der Waals surface area contributed by atoms with Crippen molar-refractivity contribution in [3.63, 3.8) is 0 Å². The Kier molecular flexibility index (Phi) is 4.95. The molecule has 2 heterocycles. The number of ether oxygens (including phenoxy) is 2. The van der Waals surface area contributed by atoms with Crippen LogP contribution in [-0.2, 0) is 5.41 Å². The number of nitrogens with zero attached hydrogens (tertiary/aromatic N) is 2. The normalized spacial score (nSPS) is 21.0. The van der Waals surface area contributed by atoms with Crippen molar-refractivity contribution in [3.05, 3.63) is 47.5 Å². The monoisotopic (exact) mass is 421 g/mol. The van der Waals surface area contributed by atoms with E-state index in [4.69, 9.17) is 9.47 Å². The van der Waals surface area contributed by atoms with Gasteiger partial charge in [0.05, 0.1) is 6.04 Å². The van der Waals surface area contributed by atoms with Gasteiger partial charge in [0.25, 0.3) is 0 Å². The van der Waals surface area contributed by atoms with E-state index in [0.29, 0.717) is 13.2 Å². The molecule has 3 aliphatic rings. The van der Waals surface area contributed by atoms with Crippen molar-refractivity contribution < 1.29 is 14.3 Å². The first kappa shape index (κ1) is 20.0. The molecule has 1 saturated carbocycles. The van der Waals surface area contributed by atoms with Crippen molar-refractivity contribution in [1.82, 2.24) is 4.90 Å². The van der Waals surface area contributed by atoms with E-state index in [1.54, 1.807) is 0 Å². The van der Waals surface area contributed by atoms with Gasteiger partial charge in [0.1, 0.15) is 13.2 Å². The molecular formula is C25H31N3O3. The van der Waals surface area contributed by atoms with Crippen LogP contribution in [0.4, 0.5) is 16.2 Å². The summed E-state index contributed by atoms with van der Waals surface area (Å²) in [6.45, 7) is 4.02. The van der Waals surface area contributed by atoms with Crippen LogP contribution in [0.3, 0.4) is 0 Å². The maximum atomic E-state index is 13.4. The Labute approximate surface area is 184 Å². The molecule has 0 bridgehead atoms. The summed E-state index contributed by atoms with van der Waals surface area (Å²) in [7, 11) is 4.02. The number of hydrogen-bond donors (Lipinski definition) is 1. The molecule has 2 amide bonds. The van der Waals surface area contributed by atoms with Crippen molar-refractivity contribution in [3.8, 4) is 11.5 Å². The standard InChI is InChI=1S/C25H31N3O3/c1-17-20-14-22-23(31-13-12-30-22)15-21(20)25(10-4-5-11-25)16-28(17)24(29)26-18-6-8-19(9-7-18)27(2)3/h6-9,14-15,17H,4-5,10-13,16H2,1-3H3,(H,26,29). The number of rotatable bonds is 2. The summed E-state index contributed by atoms with van der Waals surface area (Å²) in [5.41, 5.74) is 4.46. The zero-order valence-electron chi connectivity index (χ0n) is 18.6. The number of benzene rings is 2. The van der Waals surface area contributed by atoms with Crippen molar-refractivity contribution in [2.75, 3.05) is 44.1 Å². The van der Waals surface area contributed by atoms with Crippen LogP contribution in [0.25, 0.3) is 0 Å². The number of carbonyl (C=O) groups excluding carboxylic acids is 1. The number of anilines is 2. The predicted molar refractivity (Wildman–Crippen MR) is 122 cm³/mol. The summed E-state index contributed by atoms with van der Waals surface area (Å²) in [6, 6.07) is 12.2. The molecule has 0 saturated heterocycles. The molecule has 0 aromatic heterocycles. The van der Waals surface area contributed by atoms with E-state index in [0.717, 1.165) is 42.3 Å². The second kappa shape index (κ2) is 7.66. The van der Waals surface area contributed by atoms with Gasteiger partial charge in [-0.1, -0.05) is 12.8 Å². The molecule has 2 aliphatic heterocycles. The summed E-state index contributed by atoms with van der Waals surface area (Å²) in [5, 5.41) is 3.12. The number of hydrogen-bond acceptors (Lipinski definition) is 4. The van der Waals surface area contributed by atoms with Gasteiger partial charge in [-0.2, -0.15) is 0 Å². The van der Waals surface area contributed by atoms with Crippen LogP contribution in [0.5, 0.6) is 11.5 Å². The van der Waals surface area contributed by atoms with Crippen LogP contribution in [0, 0.1) is 0 Å². The van der Waals surface area contributed by atoms with Gasteiger partial charge in [-0.3, -0.25) is 0 Å². The fourth-order valence-corrected chi connectivity index (χ4v) is 5.39. The van der Waals surface area contributed by atoms with Crippen LogP contribution >= 0.6 is 0 Å². The van der Waals surface area contributed by atoms with Crippen molar-refractivity contribution in [2.24, 2.45) is 0 Å². The molecule has 164 valence electrons. The zero-order chi connectivity index (χ0) is 21.6. The van der Waals surface area contributed by atoms with Crippen molar-refractivity contribution in [1.29, 1.82) is 0 Å². The van der Waals surface area contributed by atoms with Gasteiger partial charge in [-0.05, 0) is 67.3 Å². The average Bonchev–Trinajstić information content (AvgIpc) is 3.25. The highest BCUT2D eigenvalue weighted by atomic mass is 16.6. The molecular weight excluding hydrogens is 390 g/mol. The molecule has 0 radical (unpaired) electrons. The Bertz CT molecular complexity index is 980. The van der Waals surface area contributed by atoms with Crippen LogP contribution in [0.15, 0.2) is 36.4 Å². The van der Waals surface area contributed by atoms with Gasteiger partial charge < -0.3 is 24.6 Å². The number of nitrogens with one attached hydrogen (secondary N) is 1. The van der Waals surface area contributed by atoms with Gasteiger partial charge in [-0.25, -0.2) is 4.79 Å². The van der Waals surface area contributed by atoms with Gasteiger partial charge in [-0.15, -0.1) is 0 Å². The maximum Gasteiger partial charge on any atom is 0.322 e. The third-order valence-electron chi connectivity index (χ3n) is 7.13. The largest absolute Gasteiger partial charge is 0.486 e. The number of carbonyl (C=O) groups is 1. The summed E-state index contributed by atoms with van der Waals surface area (Å²) < 4.78 is 11.7. The van der Waals surface area contributed by atoms with Gasteiger partial charge in [0, 0.05) is 37.4 Å². The third kappa shape index (κ3) is 3.48. The molecule has 6 nitrogen and oxygen atoms in total. The third-order valence-corrected chi connectivity index (χ3v) is 7.13. The molecule has 2 aromatic carbocycles. The summed E-state index contributed by atoms with van der Waals surface area (Å²) >= 11 is 0. The first-order valence-electron chi connectivity index (χ1n) is 11.3. The van der Waals surface area contributed by atoms with Gasteiger partial charge in [0.15, 0.2) is 11.5 Å². The molecule has 1 fully saturated rings. The highest BCUT2D eigenvalue weighted by Gasteiger charge is 2.46. The minimum absolute atomic E-state index is 0.00377. The molecule has 1 N–H and O–H groups in total. The maximum absolute atomic E-state index is 13.4. The van der Waals surface area contributed by atoms with Crippen LogP contribution in [0.2, 0.25) is 0 Å². The van der Waals surface area contributed by atoms with E-state index in [1.165, 1.54) is 24.0 Å². The number of amides is 2. The Morgan fingerprint density at radius 3 is 2.35 bits per heavy atom. The van der Waals surface area contributed by atoms with Crippen LogP contribution < -0.4 is 19.7 Å². The lowest BCUT2D eigenvalue weighted by molar-refractivity contribution is 0.149.